The summed E-state index contributed by atoms with van der Waals surface area (Å²) >= 11 is 0. The molecule has 102 valence electrons. The lowest BCUT2D eigenvalue weighted by atomic mass is 10.0. The predicted molar refractivity (Wildman–Crippen MR) is 80.6 cm³/mol. The summed E-state index contributed by atoms with van der Waals surface area (Å²) in [6.45, 7) is 10.7. The monoisotopic (exact) mass is 248 g/mol. The smallest absolute Gasteiger partial charge is 0.0382 e. The third-order valence-corrected chi connectivity index (χ3v) is 3.52. The third-order valence-electron chi connectivity index (χ3n) is 3.52. The van der Waals surface area contributed by atoms with E-state index in [-0.39, 0.29) is 6.04 Å². The molecule has 2 N–H and O–H groups in total. The molecule has 0 aromatic heterocycles. The zero-order chi connectivity index (χ0) is 13.5. The van der Waals surface area contributed by atoms with E-state index in [0.717, 1.165) is 13.1 Å². The minimum absolute atomic E-state index is 0.114. The molecule has 0 spiro atoms. The quantitative estimate of drug-likeness (QED) is 0.731. The summed E-state index contributed by atoms with van der Waals surface area (Å²) in [5, 5.41) is 0. The Morgan fingerprint density at radius 3 is 2.67 bits per heavy atom. The van der Waals surface area contributed by atoms with Crippen LogP contribution in [-0.2, 0) is 0 Å². The van der Waals surface area contributed by atoms with Gasteiger partial charge in [0, 0.05) is 18.6 Å². The number of nitrogens with two attached hydrogens (primary N) is 1. The summed E-state index contributed by atoms with van der Waals surface area (Å²) in [5.74, 6) is 0. The van der Waals surface area contributed by atoms with E-state index in [0.29, 0.717) is 6.04 Å². The van der Waals surface area contributed by atoms with Gasteiger partial charge in [0.2, 0.25) is 0 Å². The van der Waals surface area contributed by atoms with Crippen LogP contribution in [0, 0.1) is 0 Å². The van der Waals surface area contributed by atoms with Crippen molar-refractivity contribution >= 4 is 0 Å². The second kappa shape index (κ2) is 7.55. The molecular formula is C16H28N2. The first-order chi connectivity index (χ1) is 8.54. The molecule has 2 atom stereocenters. The molecule has 1 rings (SSSR count). The van der Waals surface area contributed by atoms with Crippen LogP contribution in [-0.4, -0.2) is 30.1 Å². The minimum atomic E-state index is 0.114. The molecule has 0 amide bonds. The molecule has 1 unspecified atom stereocenters. The van der Waals surface area contributed by atoms with E-state index in [9.17, 15) is 0 Å². The zero-order valence-corrected chi connectivity index (χ0v) is 12.3. The van der Waals surface area contributed by atoms with Crippen molar-refractivity contribution in [1.82, 2.24) is 4.90 Å². The van der Waals surface area contributed by atoms with Gasteiger partial charge < -0.3 is 5.73 Å². The maximum atomic E-state index is 6.24. The van der Waals surface area contributed by atoms with Crippen molar-refractivity contribution in [3.05, 3.63) is 35.5 Å². The van der Waals surface area contributed by atoms with Crippen molar-refractivity contribution in [2.45, 2.75) is 52.6 Å². The average Bonchev–Trinajstić information content (AvgIpc) is 2.35. The van der Waals surface area contributed by atoms with Crippen molar-refractivity contribution in [2.75, 3.05) is 13.1 Å². The van der Waals surface area contributed by atoms with E-state index in [4.69, 9.17) is 5.73 Å². The maximum absolute atomic E-state index is 6.24. The highest BCUT2D eigenvalue weighted by Gasteiger charge is 2.18. The van der Waals surface area contributed by atoms with Crippen molar-refractivity contribution < 1.29 is 0 Å². The molecule has 0 saturated heterocycles. The Labute approximate surface area is 112 Å². The number of hydrogen-bond acceptors (Lipinski definition) is 2. The SMILES string of the molecule is CCN(CC1=CCCC=C1)C(C)[C@H](N)C=C(C)C. The highest BCUT2D eigenvalue weighted by molar-refractivity contribution is 5.24. The highest BCUT2D eigenvalue weighted by Crippen LogP contribution is 2.14. The van der Waals surface area contributed by atoms with Crippen LogP contribution < -0.4 is 5.73 Å². The second-order valence-electron chi connectivity index (χ2n) is 5.38. The van der Waals surface area contributed by atoms with Gasteiger partial charge in [0.05, 0.1) is 0 Å². The van der Waals surface area contributed by atoms with E-state index < -0.39 is 0 Å². The maximum Gasteiger partial charge on any atom is 0.0382 e. The van der Waals surface area contributed by atoms with E-state index in [1.54, 1.807) is 0 Å². The van der Waals surface area contributed by atoms with E-state index in [1.807, 2.05) is 0 Å². The van der Waals surface area contributed by atoms with E-state index >= 15 is 0 Å². The summed E-state index contributed by atoms with van der Waals surface area (Å²) in [4.78, 5) is 2.45. The zero-order valence-electron chi connectivity index (χ0n) is 12.3. The Kier molecular flexibility index (Phi) is 6.37. The standard InChI is InChI=1S/C16H28N2/c1-5-18(12-15-9-7-6-8-10-15)14(4)16(17)11-13(2)3/h7,9-11,14,16H,5-6,8,12,17H2,1-4H3/t14?,16-/m1/s1. The van der Waals surface area contributed by atoms with Gasteiger partial charge >= 0.3 is 0 Å². The first kappa shape index (κ1) is 15.2. The Balaban J connectivity index is 2.62. The van der Waals surface area contributed by atoms with Crippen LogP contribution >= 0.6 is 0 Å². The molecule has 0 aromatic rings. The van der Waals surface area contributed by atoms with Gasteiger partial charge in [-0.15, -0.1) is 0 Å². The van der Waals surface area contributed by atoms with E-state index in [1.165, 1.54) is 24.0 Å². The Bertz CT molecular complexity index is 335. The first-order valence-corrected chi connectivity index (χ1v) is 7.04. The Hall–Kier alpha value is -0.860. The van der Waals surface area contributed by atoms with Gasteiger partial charge in [0.25, 0.3) is 0 Å². The number of hydrogen-bond donors (Lipinski definition) is 1. The van der Waals surface area contributed by atoms with Crippen LogP contribution in [0.15, 0.2) is 35.5 Å². The van der Waals surface area contributed by atoms with Gasteiger partial charge in [-0.2, -0.15) is 0 Å². The van der Waals surface area contributed by atoms with E-state index in [2.05, 4.69) is 56.9 Å². The molecule has 0 saturated carbocycles. The molecule has 2 heteroatoms. The fourth-order valence-corrected chi connectivity index (χ4v) is 2.33. The summed E-state index contributed by atoms with van der Waals surface area (Å²) in [6, 6.07) is 0.490. The third kappa shape index (κ3) is 4.79. The lowest BCUT2D eigenvalue weighted by Gasteiger charge is -2.31. The predicted octanol–water partition coefficient (Wildman–Crippen LogP) is 3.27. The molecule has 0 heterocycles. The Morgan fingerprint density at radius 1 is 1.44 bits per heavy atom. The van der Waals surface area contributed by atoms with Crippen LogP contribution in [0.2, 0.25) is 0 Å². The molecule has 2 nitrogen and oxygen atoms in total. The molecular weight excluding hydrogens is 220 g/mol. The number of rotatable bonds is 6. The largest absolute Gasteiger partial charge is 0.323 e. The van der Waals surface area contributed by atoms with Crippen LogP contribution in [0.1, 0.15) is 40.5 Å². The molecule has 0 aromatic carbocycles. The fraction of sp³-hybridized carbons (Fsp3) is 0.625. The molecule has 0 fully saturated rings. The fourth-order valence-electron chi connectivity index (χ4n) is 2.33. The molecule has 1 aliphatic rings. The molecule has 0 bridgehead atoms. The first-order valence-electron chi connectivity index (χ1n) is 7.04. The lowest BCUT2D eigenvalue weighted by Crippen LogP contribution is -2.45. The van der Waals surface area contributed by atoms with Crippen molar-refractivity contribution in [3.63, 3.8) is 0 Å². The molecule has 0 radical (unpaired) electrons. The van der Waals surface area contributed by atoms with Crippen LogP contribution in [0.5, 0.6) is 0 Å². The summed E-state index contributed by atoms with van der Waals surface area (Å²) in [6.07, 6.45) is 11.4. The van der Waals surface area contributed by atoms with Gasteiger partial charge in [-0.1, -0.05) is 36.8 Å². The van der Waals surface area contributed by atoms with Gasteiger partial charge in [0.1, 0.15) is 0 Å². The van der Waals surface area contributed by atoms with Gasteiger partial charge in [0.15, 0.2) is 0 Å². The summed E-state index contributed by atoms with van der Waals surface area (Å²) < 4.78 is 0. The van der Waals surface area contributed by atoms with Crippen molar-refractivity contribution in [1.29, 1.82) is 0 Å². The second-order valence-corrected chi connectivity index (χ2v) is 5.38. The van der Waals surface area contributed by atoms with Gasteiger partial charge in [-0.05, 0) is 45.7 Å². The van der Waals surface area contributed by atoms with Crippen molar-refractivity contribution in [3.8, 4) is 0 Å². The molecule has 18 heavy (non-hydrogen) atoms. The highest BCUT2D eigenvalue weighted by atomic mass is 15.2. The normalized spacial score (nSPS) is 18.4. The van der Waals surface area contributed by atoms with Crippen molar-refractivity contribution in [2.24, 2.45) is 5.73 Å². The minimum Gasteiger partial charge on any atom is -0.323 e. The van der Waals surface area contributed by atoms with Crippen LogP contribution in [0.25, 0.3) is 0 Å². The lowest BCUT2D eigenvalue weighted by molar-refractivity contribution is 0.224. The molecule has 1 aliphatic carbocycles. The number of allylic oxidation sites excluding steroid dienone is 3. The van der Waals surface area contributed by atoms with Gasteiger partial charge in [-0.3, -0.25) is 4.90 Å². The average molecular weight is 248 g/mol. The summed E-state index contributed by atoms with van der Waals surface area (Å²) in [5.41, 5.74) is 8.97. The Morgan fingerprint density at radius 2 is 2.17 bits per heavy atom. The number of nitrogens with zero attached hydrogens (tertiary/aromatic N) is 1. The van der Waals surface area contributed by atoms with Crippen LogP contribution in [0.3, 0.4) is 0 Å². The topological polar surface area (TPSA) is 29.3 Å². The summed E-state index contributed by atoms with van der Waals surface area (Å²) in [7, 11) is 0. The molecule has 0 aliphatic heterocycles. The van der Waals surface area contributed by atoms with Gasteiger partial charge in [-0.25, -0.2) is 0 Å². The number of likely N-dealkylation sites (N-methyl/N-ethyl adjacent to an activating group) is 1. The van der Waals surface area contributed by atoms with Crippen LogP contribution in [0.4, 0.5) is 0 Å².